The zero-order valence-electron chi connectivity index (χ0n) is 18.9. The average molecular weight is 463 g/mol. The maximum Gasteiger partial charge on any atom is 0.254 e. The van der Waals surface area contributed by atoms with Crippen molar-refractivity contribution in [1.82, 2.24) is 9.80 Å². The number of amides is 1. The summed E-state index contributed by atoms with van der Waals surface area (Å²) in [6, 6.07) is 20.6. The highest BCUT2D eigenvalue weighted by Gasteiger charge is 2.49. The van der Waals surface area contributed by atoms with Crippen LogP contribution in [0.2, 0.25) is 0 Å². The first kappa shape index (κ1) is 22.7. The summed E-state index contributed by atoms with van der Waals surface area (Å²) in [7, 11) is 0. The van der Waals surface area contributed by atoms with Crippen molar-refractivity contribution in [3.05, 3.63) is 95.6 Å². The summed E-state index contributed by atoms with van der Waals surface area (Å²) < 4.78 is 27.0. The maximum absolute atomic E-state index is 13.7. The number of aliphatic hydroxyl groups excluding tert-OH is 1. The fourth-order valence-electron chi connectivity index (χ4n) is 5.47. The minimum absolute atomic E-state index is 0.00546. The van der Waals surface area contributed by atoms with Crippen LogP contribution in [0.5, 0.6) is 0 Å². The molecule has 2 aliphatic heterocycles. The van der Waals surface area contributed by atoms with Gasteiger partial charge < -0.3 is 10.0 Å². The first-order chi connectivity index (χ1) is 16.5. The van der Waals surface area contributed by atoms with E-state index in [0.717, 1.165) is 36.1 Å². The lowest BCUT2D eigenvalue weighted by Crippen LogP contribution is -2.67. The summed E-state index contributed by atoms with van der Waals surface area (Å²) in [5.74, 6) is -0.739. The molecule has 0 spiro atoms. The molecule has 0 aliphatic carbocycles. The van der Waals surface area contributed by atoms with Crippen LogP contribution in [-0.4, -0.2) is 59.1 Å². The Bertz CT molecular complexity index is 1150. The monoisotopic (exact) mass is 462 g/mol. The fraction of sp³-hybridized carbons (Fsp3) is 0.321. The molecule has 3 aromatic rings. The lowest BCUT2D eigenvalue weighted by molar-refractivity contribution is -0.0606. The Balaban J connectivity index is 1.39. The number of carbonyl (C=O) groups excluding carboxylic acids is 1. The number of benzene rings is 3. The third kappa shape index (κ3) is 4.36. The molecular weight excluding hydrogens is 434 g/mol. The van der Waals surface area contributed by atoms with E-state index in [1.54, 1.807) is 24.3 Å². The number of nitrogens with zero attached hydrogens (tertiary/aromatic N) is 2. The van der Waals surface area contributed by atoms with Crippen molar-refractivity contribution in [1.29, 1.82) is 0 Å². The highest BCUT2D eigenvalue weighted by Crippen LogP contribution is 2.42. The Hall–Kier alpha value is -3.09. The van der Waals surface area contributed by atoms with E-state index in [-0.39, 0.29) is 36.3 Å². The number of halogens is 2. The van der Waals surface area contributed by atoms with E-state index < -0.39 is 5.82 Å². The molecule has 176 valence electrons. The molecule has 0 saturated carbocycles. The van der Waals surface area contributed by atoms with Crippen molar-refractivity contribution in [3.63, 3.8) is 0 Å². The zero-order valence-corrected chi connectivity index (χ0v) is 18.9. The van der Waals surface area contributed by atoms with E-state index in [9.17, 15) is 18.7 Å². The van der Waals surface area contributed by atoms with Gasteiger partial charge in [0, 0.05) is 36.7 Å². The normalized spacial score (nSPS) is 22.9. The standard InChI is InChI=1S/C28H28F2N2O2/c29-23-12-10-20(11-13-23)19-6-8-21(9-7-19)27-25-17-31(14-1-2-15-32(25)26(27)18-33)28(34)22-4-3-5-24(30)16-22/h3-13,16,25-27,33H,1-2,14-15,17-18H2/t25-,26-,27-/m1/s1. The number of fused-ring (bicyclic) bond motifs is 1. The van der Waals surface area contributed by atoms with Crippen molar-refractivity contribution in [2.24, 2.45) is 0 Å². The van der Waals surface area contributed by atoms with Gasteiger partial charge in [-0.3, -0.25) is 9.69 Å². The van der Waals surface area contributed by atoms with Crippen LogP contribution >= 0.6 is 0 Å². The van der Waals surface area contributed by atoms with Crippen LogP contribution in [0.1, 0.15) is 34.7 Å². The quantitative estimate of drug-likeness (QED) is 0.612. The number of hydrogen-bond acceptors (Lipinski definition) is 3. The molecule has 0 aromatic heterocycles. The Morgan fingerprint density at radius 2 is 1.56 bits per heavy atom. The first-order valence-electron chi connectivity index (χ1n) is 11.8. The molecule has 2 saturated heterocycles. The van der Waals surface area contributed by atoms with Gasteiger partial charge in [-0.05, 0) is 66.4 Å². The predicted molar refractivity (Wildman–Crippen MR) is 127 cm³/mol. The van der Waals surface area contributed by atoms with Gasteiger partial charge in [-0.2, -0.15) is 0 Å². The Labute approximate surface area is 198 Å². The number of rotatable bonds is 4. The summed E-state index contributed by atoms with van der Waals surface area (Å²) in [4.78, 5) is 17.3. The molecule has 5 rings (SSSR count). The van der Waals surface area contributed by atoms with Gasteiger partial charge in [0.05, 0.1) is 6.61 Å². The van der Waals surface area contributed by atoms with Crippen LogP contribution in [0.4, 0.5) is 8.78 Å². The highest BCUT2D eigenvalue weighted by atomic mass is 19.1. The molecule has 0 bridgehead atoms. The van der Waals surface area contributed by atoms with Gasteiger partial charge in [0.25, 0.3) is 5.91 Å². The molecule has 4 nitrogen and oxygen atoms in total. The maximum atomic E-state index is 13.7. The van der Waals surface area contributed by atoms with Crippen molar-refractivity contribution < 1.29 is 18.7 Å². The number of hydrogen-bond donors (Lipinski definition) is 1. The van der Waals surface area contributed by atoms with Gasteiger partial charge in [-0.1, -0.05) is 42.5 Å². The van der Waals surface area contributed by atoms with E-state index in [4.69, 9.17) is 0 Å². The van der Waals surface area contributed by atoms with Crippen LogP contribution in [0, 0.1) is 11.6 Å². The van der Waals surface area contributed by atoms with Gasteiger partial charge in [-0.15, -0.1) is 0 Å². The van der Waals surface area contributed by atoms with Crippen molar-refractivity contribution in [2.45, 2.75) is 30.8 Å². The molecule has 3 aromatic carbocycles. The van der Waals surface area contributed by atoms with Crippen molar-refractivity contribution in [3.8, 4) is 11.1 Å². The van der Waals surface area contributed by atoms with E-state index in [1.165, 1.54) is 24.3 Å². The summed E-state index contributed by atoms with van der Waals surface area (Å²) in [6.45, 7) is 2.12. The molecule has 6 heteroatoms. The second-order valence-corrected chi connectivity index (χ2v) is 9.18. The minimum atomic E-state index is -0.414. The summed E-state index contributed by atoms with van der Waals surface area (Å²) in [5, 5.41) is 10.2. The third-order valence-corrected chi connectivity index (χ3v) is 7.20. The largest absolute Gasteiger partial charge is 0.395 e. The van der Waals surface area contributed by atoms with Crippen LogP contribution in [0.3, 0.4) is 0 Å². The second kappa shape index (κ2) is 9.65. The Morgan fingerprint density at radius 1 is 0.882 bits per heavy atom. The van der Waals surface area contributed by atoms with E-state index >= 15 is 0 Å². The number of carbonyl (C=O) groups is 1. The van der Waals surface area contributed by atoms with E-state index in [0.29, 0.717) is 18.7 Å². The molecular formula is C28H28F2N2O2. The smallest absolute Gasteiger partial charge is 0.254 e. The van der Waals surface area contributed by atoms with E-state index in [2.05, 4.69) is 17.0 Å². The van der Waals surface area contributed by atoms with Gasteiger partial charge >= 0.3 is 0 Å². The van der Waals surface area contributed by atoms with Crippen molar-refractivity contribution >= 4 is 5.91 Å². The molecule has 1 N–H and O–H groups in total. The molecule has 1 amide bonds. The van der Waals surface area contributed by atoms with Crippen LogP contribution < -0.4 is 0 Å². The molecule has 2 aliphatic rings. The first-order valence-corrected chi connectivity index (χ1v) is 11.8. The van der Waals surface area contributed by atoms with Crippen LogP contribution in [-0.2, 0) is 0 Å². The molecule has 2 fully saturated rings. The third-order valence-electron chi connectivity index (χ3n) is 7.20. The molecule has 0 unspecified atom stereocenters. The molecule has 3 atom stereocenters. The minimum Gasteiger partial charge on any atom is -0.395 e. The SMILES string of the molecule is O=C(c1cccc(F)c1)N1CCCCN2[C@H](CO)[C@H](c3ccc(-c4ccc(F)cc4)cc3)[C@H]2C1. The summed E-state index contributed by atoms with van der Waals surface area (Å²) >= 11 is 0. The Morgan fingerprint density at radius 3 is 2.24 bits per heavy atom. The summed E-state index contributed by atoms with van der Waals surface area (Å²) in [6.07, 6.45) is 1.82. The second-order valence-electron chi connectivity index (χ2n) is 9.18. The zero-order chi connectivity index (χ0) is 23.7. The number of aliphatic hydroxyl groups is 1. The highest BCUT2D eigenvalue weighted by molar-refractivity contribution is 5.94. The van der Waals surface area contributed by atoms with Gasteiger partial charge in [-0.25, -0.2) is 8.78 Å². The van der Waals surface area contributed by atoms with Crippen LogP contribution in [0.25, 0.3) is 11.1 Å². The Kier molecular flexibility index (Phi) is 6.44. The van der Waals surface area contributed by atoms with Crippen molar-refractivity contribution in [2.75, 3.05) is 26.2 Å². The van der Waals surface area contributed by atoms with E-state index in [1.807, 2.05) is 17.0 Å². The lowest BCUT2D eigenvalue weighted by atomic mass is 9.74. The van der Waals surface area contributed by atoms with Gasteiger partial charge in [0.2, 0.25) is 0 Å². The fourth-order valence-corrected chi connectivity index (χ4v) is 5.47. The molecule has 34 heavy (non-hydrogen) atoms. The van der Waals surface area contributed by atoms with Gasteiger partial charge in [0.15, 0.2) is 0 Å². The lowest BCUT2D eigenvalue weighted by Gasteiger charge is -2.57. The average Bonchev–Trinajstić information content (AvgIpc) is 2.83. The molecule has 0 radical (unpaired) electrons. The topological polar surface area (TPSA) is 43.8 Å². The summed E-state index contributed by atoms with van der Waals surface area (Å²) in [5.41, 5.74) is 3.43. The predicted octanol–water partition coefficient (Wildman–Crippen LogP) is 4.70. The van der Waals surface area contributed by atoms with Gasteiger partial charge in [0.1, 0.15) is 11.6 Å². The van der Waals surface area contributed by atoms with Crippen LogP contribution in [0.15, 0.2) is 72.8 Å². The molecule has 2 heterocycles.